The molecule has 0 aliphatic carbocycles. The van der Waals surface area contributed by atoms with Gasteiger partial charge < -0.3 is 9.67 Å². The fourth-order valence-electron chi connectivity index (χ4n) is 3.74. The molecule has 0 amide bonds. The van der Waals surface area contributed by atoms with Crippen LogP contribution in [0, 0.1) is 0 Å². The first kappa shape index (κ1) is 12.1. The fraction of sp³-hybridized carbons (Fsp3) is 0.538. The van der Waals surface area contributed by atoms with E-state index in [-0.39, 0.29) is 5.78 Å². The molecule has 0 radical (unpaired) electrons. The molecule has 5 rings (SSSR count). The minimum Gasteiger partial charge on any atom is -0.386 e. The lowest BCUT2D eigenvalue weighted by Crippen LogP contribution is -2.67. The second-order valence-corrected chi connectivity index (χ2v) is 8.86. The molecule has 4 atom stereocenters. The highest BCUT2D eigenvalue weighted by Gasteiger charge is 2.54. The van der Waals surface area contributed by atoms with Crippen molar-refractivity contribution in [1.29, 1.82) is 0 Å². The lowest BCUT2D eigenvalue weighted by atomic mass is 10.1. The Bertz CT molecular complexity index is 520. The number of hydrogen-bond donors (Lipinski definition) is 1. The minimum absolute atomic E-state index is 0.206. The summed E-state index contributed by atoms with van der Waals surface area (Å²) in [5.74, 6) is -0.206. The molecule has 102 valence electrons. The Labute approximate surface area is 112 Å². The Balaban J connectivity index is 1.69. The van der Waals surface area contributed by atoms with Crippen molar-refractivity contribution in [2.75, 3.05) is 32.6 Å². The van der Waals surface area contributed by atoms with Crippen molar-refractivity contribution in [3.05, 3.63) is 35.9 Å². The Morgan fingerprint density at radius 1 is 1.11 bits per heavy atom. The van der Waals surface area contributed by atoms with Gasteiger partial charge in [0, 0.05) is 0 Å². The predicted octanol–water partition coefficient (Wildman–Crippen LogP) is 1.14. The number of hydrogen-bond acceptors (Lipinski definition) is 5. The standard InChI is InChI=1S/C13H18N3O2P/c17-12(11-4-2-1-3-5-11)13-16-7-14-6-15(8-16)10-19(13,18)9-14/h1-5,12-13,17H,6-10H2/t12-,13+/m1/s1. The molecule has 19 heavy (non-hydrogen) atoms. The summed E-state index contributed by atoms with van der Waals surface area (Å²) >= 11 is 0. The lowest BCUT2D eigenvalue weighted by Gasteiger charge is -2.59. The van der Waals surface area contributed by atoms with E-state index in [2.05, 4.69) is 14.7 Å². The Morgan fingerprint density at radius 2 is 1.74 bits per heavy atom. The van der Waals surface area contributed by atoms with Gasteiger partial charge in [-0.3, -0.25) is 14.7 Å². The maximum absolute atomic E-state index is 13.2. The summed E-state index contributed by atoms with van der Waals surface area (Å²) in [6, 6.07) is 9.63. The number of benzene rings is 1. The molecule has 4 aliphatic heterocycles. The average Bonchev–Trinajstić information content (AvgIpc) is 2.37. The highest BCUT2D eigenvalue weighted by Crippen LogP contribution is 2.62. The van der Waals surface area contributed by atoms with Gasteiger partial charge in [0.25, 0.3) is 0 Å². The van der Waals surface area contributed by atoms with Crippen molar-refractivity contribution in [2.45, 2.75) is 11.9 Å². The highest BCUT2D eigenvalue weighted by molar-refractivity contribution is 7.64. The van der Waals surface area contributed by atoms with Crippen molar-refractivity contribution in [3.63, 3.8) is 0 Å². The van der Waals surface area contributed by atoms with Crippen LogP contribution >= 0.6 is 7.14 Å². The second kappa shape index (κ2) is 4.14. The summed E-state index contributed by atoms with van der Waals surface area (Å²) in [6.45, 7) is 2.58. The Kier molecular flexibility index (Phi) is 2.63. The largest absolute Gasteiger partial charge is 0.386 e. The van der Waals surface area contributed by atoms with Crippen LogP contribution < -0.4 is 0 Å². The van der Waals surface area contributed by atoms with Gasteiger partial charge in [-0.15, -0.1) is 0 Å². The zero-order chi connectivity index (χ0) is 13.0. The first-order valence-electron chi connectivity index (χ1n) is 6.65. The predicted molar refractivity (Wildman–Crippen MR) is 72.6 cm³/mol. The van der Waals surface area contributed by atoms with E-state index in [0.29, 0.717) is 12.6 Å². The zero-order valence-electron chi connectivity index (χ0n) is 10.7. The van der Waals surface area contributed by atoms with Gasteiger partial charge >= 0.3 is 0 Å². The Hall–Kier alpha value is -0.710. The van der Waals surface area contributed by atoms with Gasteiger partial charge in [-0.25, -0.2) is 0 Å². The highest BCUT2D eigenvalue weighted by atomic mass is 31.2. The molecule has 2 unspecified atom stereocenters. The van der Waals surface area contributed by atoms with E-state index in [0.717, 1.165) is 25.6 Å². The second-order valence-electron chi connectivity index (χ2n) is 5.86. The van der Waals surface area contributed by atoms with Crippen molar-refractivity contribution in [1.82, 2.24) is 14.7 Å². The molecule has 1 N–H and O–H groups in total. The van der Waals surface area contributed by atoms with Crippen LogP contribution in [0.4, 0.5) is 0 Å². The van der Waals surface area contributed by atoms with Gasteiger partial charge in [0.2, 0.25) is 0 Å². The molecule has 4 fully saturated rings. The van der Waals surface area contributed by atoms with E-state index < -0.39 is 13.2 Å². The summed E-state index contributed by atoms with van der Waals surface area (Å²) in [5.41, 5.74) is 0.875. The molecule has 6 heteroatoms. The minimum atomic E-state index is -2.37. The molecule has 0 saturated carbocycles. The molecular weight excluding hydrogens is 261 g/mol. The number of rotatable bonds is 2. The number of aliphatic hydroxyl groups is 1. The maximum atomic E-state index is 13.2. The van der Waals surface area contributed by atoms with Crippen LogP contribution in [0.1, 0.15) is 11.7 Å². The SMILES string of the molecule is O=P12CN3CN(CN(C3)[C@@H]1[C@H](O)c1ccccc1)C2. The molecule has 4 saturated heterocycles. The van der Waals surface area contributed by atoms with E-state index in [1.165, 1.54) is 0 Å². The molecule has 0 spiro atoms. The Morgan fingerprint density at radius 3 is 2.32 bits per heavy atom. The van der Waals surface area contributed by atoms with Crippen LogP contribution in [0.5, 0.6) is 0 Å². The summed E-state index contributed by atoms with van der Waals surface area (Å²) in [6.07, 6.45) is 0.678. The van der Waals surface area contributed by atoms with Crippen LogP contribution in [0.3, 0.4) is 0 Å². The van der Waals surface area contributed by atoms with Gasteiger partial charge in [0.15, 0.2) is 0 Å². The van der Waals surface area contributed by atoms with E-state index in [4.69, 9.17) is 0 Å². The van der Waals surface area contributed by atoms with E-state index in [9.17, 15) is 9.67 Å². The fourth-order valence-corrected chi connectivity index (χ4v) is 7.31. The van der Waals surface area contributed by atoms with Crippen molar-refractivity contribution in [3.8, 4) is 0 Å². The maximum Gasteiger partial charge on any atom is 0.134 e. The third-order valence-electron chi connectivity index (χ3n) is 4.32. The van der Waals surface area contributed by atoms with Crippen LogP contribution in [0.15, 0.2) is 30.3 Å². The molecule has 4 heterocycles. The molecule has 1 aromatic carbocycles. The topological polar surface area (TPSA) is 47.0 Å². The van der Waals surface area contributed by atoms with Gasteiger partial charge in [-0.05, 0) is 5.56 Å². The van der Waals surface area contributed by atoms with E-state index in [1.807, 2.05) is 30.3 Å². The van der Waals surface area contributed by atoms with Crippen LogP contribution in [-0.2, 0) is 4.57 Å². The summed E-state index contributed by atoms with van der Waals surface area (Å²) in [7, 11) is -2.37. The smallest absolute Gasteiger partial charge is 0.134 e. The van der Waals surface area contributed by atoms with Crippen molar-refractivity contribution in [2.24, 2.45) is 0 Å². The lowest BCUT2D eigenvalue weighted by molar-refractivity contribution is -0.0762. The average molecular weight is 279 g/mol. The van der Waals surface area contributed by atoms with Gasteiger partial charge in [0.1, 0.15) is 13.2 Å². The van der Waals surface area contributed by atoms with Gasteiger partial charge in [-0.1, -0.05) is 30.3 Å². The number of nitrogens with zero attached hydrogens (tertiary/aromatic N) is 3. The first-order chi connectivity index (χ1) is 9.16. The number of aliphatic hydroxyl groups excluding tert-OH is 1. The van der Waals surface area contributed by atoms with Crippen LogP contribution in [0.25, 0.3) is 0 Å². The molecule has 0 aromatic heterocycles. The van der Waals surface area contributed by atoms with E-state index in [1.54, 1.807) is 0 Å². The normalized spacial score (nSPS) is 45.3. The zero-order valence-corrected chi connectivity index (χ0v) is 11.6. The molecule has 4 aliphatic rings. The van der Waals surface area contributed by atoms with Crippen molar-refractivity contribution >= 4 is 7.14 Å². The monoisotopic (exact) mass is 279 g/mol. The third-order valence-corrected chi connectivity index (χ3v) is 7.65. The summed E-state index contributed by atoms with van der Waals surface area (Å²) in [4.78, 5) is 6.62. The third kappa shape index (κ3) is 1.81. The van der Waals surface area contributed by atoms with Gasteiger partial charge in [-0.2, -0.15) is 0 Å². The van der Waals surface area contributed by atoms with Crippen LogP contribution in [0.2, 0.25) is 0 Å². The summed E-state index contributed by atoms with van der Waals surface area (Å²) in [5, 5.41) is 10.7. The molecular formula is C13H18N3O2P. The van der Waals surface area contributed by atoms with E-state index >= 15 is 0 Å². The van der Waals surface area contributed by atoms with Gasteiger partial charge in [0.05, 0.1) is 38.4 Å². The quantitative estimate of drug-likeness (QED) is 0.823. The molecule has 5 nitrogen and oxygen atoms in total. The van der Waals surface area contributed by atoms with Crippen LogP contribution in [-0.4, -0.2) is 58.2 Å². The molecule has 4 bridgehead atoms. The van der Waals surface area contributed by atoms with Crippen molar-refractivity contribution < 1.29 is 9.67 Å². The first-order valence-corrected chi connectivity index (χ1v) is 8.80. The molecule has 1 aromatic rings. The summed E-state index contributed by atoms with van der Waals surface area (Å²) < 4.78 is 13.2.